The molecule has 1 N–H and O–H groups in total. The van der Waals surface area contributed by atoms with E-state index in [9.17, 15) is 18.4 Å². The topological polar surface area (TPSA) is 72.2 Å². The van der Waals surface area contributed by atoms with Crippen LogP contribution < -0.4 is 21.5 Å². The minimum absolute atomic E-state index is 0.0144. The van der Waals surface area contributed by atoms with Crippen molar-refractivity contribution >= 4 is 38.8 Å². The molecule has 202 valence electrons. The van der Waals surface area contributed by atoms with E-state index in [1.807, 2.05) is 18.2 Å². The van der Waals surface area contributed by atoms with E-state index in [0.717, 1.165) is 73.7 Å². The molecular formula is C28H26ClF2N5O2S. The second kappa shape index (κ2) is 9.53. The van der Waals surface area contributed by atoms with E-state index in [4.69, 9.17) is 11.6 Å². The van der Waals surface area contributed by atoms with Crippen molar-refractivity contribution in [2.45, 2.75) is 44.3 Å². The summed E-state index contributed by atoms with van der Waals surface area (Å²) in [6, 6.07) is 9.62. The lowest BCUT2D eigenvalue weighted by Gasteiger charge is -2.37. The predicted molar refractivity (Wildman–Crippen MR) is 150 cm³/mol. The molecule has 0 unspecified atom stereocenters. The Morgan fingerprint density at radius 2 is 2.05 bits per heavy atom. The van der Waals surface area contributed by atoms with Crippen LogP contribution in [0.15, 0.2) is 52.3 Å². The van der Waals surface area contributed by atoms with Gasteiger partial charge in [-0.3, -0.25) is 18.9 Å². The van der Waals surface area contributed by atoms with Crippen molar-refractivity contribution in [2.75, 3.05) is 24.5 Å². The van der Waals surface area contributed by atoms with Gasteiger partial charge >= 0.3 is 5.69 Å². The molecule has 0 radical (unpaired) electrons. The molecule has 1 aliphatic carbocycles. The molecule has 0 bridgehead atoms. The first-order chi connectivity index (χ1) is 18.9. The minimum atomic E-state index is -2.70. The molecule has 1 saturated carbocycles. The second-order valence-corrected chi connectivity index (χ2v) is 12.2. The van der Waals surface area contributed by atoms with Crippen LogP contribution in [0.3, 0.4) is 0 Å². The van der Waals surface area contributed by atoms with Crippen molar-refractivity contribution in [3.05, 3.63) is 79.0 Å². The number of aromatic nitrogens is 3. The zero-order chi connectivity index (χ0) is 26.8. The number of thiophene rings is 1. The Kier molecular flexibility index (Phi) is 6.09. The fourth-order valence-corrected chi connectivity index (χ4v) is 7.62. The average molecular weight is 570 g/mol. The Labute approximate surface area is 231 Å². The van der Waals surface area contributed by atoms with Crippen molar-refractivity contribution in [3.63, 3.8) is 0 Å². The van der Waals surface area contributed by atoms with Gasteiger partial charge in [0.15, 0.2) is 0 Å². The molecule has 0 amide bonds. The SMILES string of the molecule is O=c1ccn(CC(F)F)c(=O)n1Cc1cc2nccc(-c3cc(Cl)cc4c3N([C@@H]3CCNC3)C[C@H]3C[C@@H]43)c2s1. The summed E-state index contributed by atoms with van der Waals surface area (Å²) in [6.45, 7) is 2.25. The van der Waals surface area contributed by atoms with Gasteiger partial charge in [0.05, 0.1) is 23.3 Å². The van der Waals surface area contributed by atoms with Crippen molar-refractivity contribution in [2.24, 2.45) is 5.92 Å². The summed E-state index contributed by atoms with van der Waals surface area (Å²) >= 11 is 8.16. The fraction of sp³-hybridized carbons (Fsp3) is 0.393. The van der Waals surface area contributed by atoms with Gasteiger partial charge in [0.1, 0.15) is 0 Å². The van der Waals surface area contributed by atoms with Crippen molar-refractivity contribution in [1.82, 2.24) is 19.4 Å². The van der Waals surface area contributed by atoms with Crippen LogP contribution in [-0.2, 0) is 13.1 Å². The van der Waals surface area contributed by atoms with Gasteiger partial charge in [-0.15, -0.1) is 11.3 Å². The van der Waals surface area contributed by atoms with Crippen molar-refractivity contribution in [1.29, 1.82) is 0 Å². The van der Waals surface area contributed by atoms with Gasteiger partial charge < -0.3 is 10.2 Å². The molecule has 0 spiro atoms. The Hall–Kier alpha value is -3.08. The standard InChI is InChI=1S/C28H26ClF2N5O2S/c29-16-8-21(26-22(9-16)20-7-15(20)12-35(26)17-1-4-32-11-17)19-2-5-33-23-10-18(39-27(19)23)13-36-25(37)3-6-34(28(36)38)14-24(30)31/h2-3,5-6,8-10,15,17,20,24,32H,1,4,7,11-14H2/t15-,17-,20-/m1/s1. The van der Waals surface area contributed by atoms with E-state index in [1.165, 1.54) is 29.0 Å². The van der Waals surface area contributed by atoms with E-state index in [0.29, 0.717) is 22.9 Å². The maximum atomic E-state index is 12.9. The first-order valence-electron chi connectivity index (χ1n) is 13.1. The quantitative estimate of drug-likeness (QED) is 0.369. The molecule has 3 aromatic heterocycles. The number of alkyl halides is 2. The van der Waals surface area contributed by atoms with Gasteiger partial charge in [0.25, 0.3) is 12.0 Å². The molecule has 2 fully saturated rings. The van der Waals surface area contributed by atoms with Crippen molar-refractivity contribution in [3.8, 4) is 11.1 Å². The fourth-order valence-electron chi connectivity index (χ4n) is 6.26. The highest BCUT2D eigenvalue weighted by Gasteiger charge is 2.47. The lowest BCUT2D eigenvalue weighted by atomic mass is 9.92. The number of halogens is 3. The molecule has 1 saturated heterocycles. The van der Waals surface area contributed by atoms with Crippen molar-refractivity contribution < 1.29 is 8.78 Å². The normalized spacial score (nSPS) is 21.9. The number of hydrogen-bond acceptors (Lipinski definition) is 6. The Morgan fingerprint density at radius 1 is 1.18 bits per heavy atom. The number of fused-ring (bicyclic) bond motifs is 4. The number of nitrogens with zero attached hydrogens (tertiary/aromatic N) is 4. The molecule has 3 aliphatic rings. The number of rotatable bonds is 6. The van der Waals surface area contributed by atoms with E-state index in [-0.39, 0.29) is 6.54 Å². The maximum Gasteiger partial charge on any atom is 0.331 e. The average Bonchev–Trinajstić information content (AvgIpc) is 3.29. The highest BCUT2D eigenvalue weighted by Crippen LogP contribution is 2.58. The molecule has 7 rings (SSSR count). The van der Waals surface area contributed by atoms with E-state index in [2.05, 4.69) is 21.3 Å². The van der Waals surface area contributed by atoms with Crippen LogP contribution >= 0.6 is 22.9 Å². The molecule has 1 aromatic carbocycles. The lowest BCUT2D eigenvalue weighted by Crippen LogP contribution is -2.41. The third-order valence-corrected chi connectivity index (χ3v) is 9.52. The Morgan fingerprint density at radius 3 is 2.85 bits per heavy atom. The van der Waals surface area contributed by atoms with Crippen LogP contribution in [0.2, 0.25) is 5.02 Å². The van der Waals surface area contributed by atoms with Crippen LogP contribution in [0.4, 0.5) is 14.5 Å². The molecule has 4 aromatic rings. The van der Waals surface area contributed by atoms with Gasteiger partial charge in [-0.25, -0.2) is 13.6 Å². The largest absolute Gasteiger partial charge is 0.366 e. The second-order valence-electron chi connectivity index (χ2n) is 10.6. The summed E-state index contributed by atoms with van der Waals surface area (Å²) in [5, 5.41) is 4.21. The highest BCUT2D eigenvalue weighted by atomic mass is 35.5. The third kappa shape index (κ3) is 4.38. The first kappa shape index (κ1) is 24.9. The molecule has 2 aliphatic heterocycles. The summed E-state index contributed by atoms with van der Waals surface area (Å²) in [6.07, 6.45) is 2.49. The number of hydrogen-bond donors (Lipinski definition) is 1. The minimum Gasteiger partial charge on any atom is -0.366 e. The molecule has 3 atom stereocenters. The van der Waals surface area contributed by atoms with Gasteiger partial charge in [-0.2, -0.15) is 0 Å². The molecule has 7 nitrogen and oxygen atoms in total. The zero-order valence-electron chi connectivity index (χ0n) is 20.9. The smallest absolute Gasteiger partial charge is 0.331 e. The molecule has 39 heavy (non-hydrogen) atoms. The summed E-state index contributed by atoms with van der Waals surface area (Å²) in [5.74, 6) is 1.22. The monoisotopic (exact) mass is 569 g/mol. The highest BCUT2D eigenvalue weighted by molar-refractivity contribution is 7.19. The van der Waals surface area contributed by atoms with Crippen LogP contribution in [0, 0.1) is 5.92 Å². The maximum absolute atomic E-state index is 12.9. The predicted octanol–water partition coefficient (Wildman–Crippen LogP) is 4.54. The summed E-state index contributed by atoms with van der Waals surface area (Å²) in [4.78, 5) is 33.2. The van der Waals surface area contributed by atoms with Gasteiger partial charge in [-0.05, 0) is 61.1 Å². The number of nitrogens with one attached hydrogen (secondary N) is 1. The molecule has 5 heterocycles. The van der Waals surface area contributed by atoms with Crippen LogP contribution in [0.1, 0.15) is 29.2 Å². The summed E-state index contributed by atoms with van der Waals surface area (Å²) < 4.78 is 28.7. The van der Waals surface area contributed by atoms with E-state index in [1.54, 1.807) is 6.20 Å². The summed E-state index contributed by atoms with van der Waals surface area (Å²) in [5.41, 5.74) is 4.14. The number of pyridine rings is 1. The Balaban J connectivity index is 1.33. The lowest BCUT2D eigenvalue weighted by molar-refractivity contribution is 0.124. The van der Waals surface area contributed by atoms with Crippen LogP contribution in [0.5, 0.6) is 0 Å². The number of anilines is 1. The molecular weight excluding hydrogens is 544 g/mol. The Bertz CT molecular complexity index is 1710. The van der Waals surface area contributed by atoms with E-state index >= 15 is 0 Å². The van der Waals surface area contributed by atoms with Crippen LogP contribution in [0.25, 0.3) is 21.3 Å². The summed E-state index contributed by atoms with van der Waals surface area (Å²) in [7, 11) is 0. The van der Waals surface area contributed by atoms with Crippen LogP contribution in [-0.4, -0.2) is 46.2 Å². The molecule has 11 heteroatoms. The number of benzene rings is 1. The first-order valence-corrected chi connectivity index (χ1v) is 14.3. The van der Waals surface area contributed by atoms with Gasteiger partial charge in [0.2, 0.25) is 0 Å². The zero-order valence-corrected chi connectivity index (χ0v) is 22.5. The third-order valence-electron chi connectivity index (χ3n) is 8.16. The van der Waals surface area contributed by atoms with Gasteiger partial charge in [-0.1, -0.05) is 11.6 Å². The van der Waals surface area contributed by atoms with Gasteiger partial charge in [0, 0.05) is 64.3 Å². The van der Waals surface area contributed by atoms with E-state index < -0.39 is 24.2 Å².